The minimum atomic E-state index is -0.298. The standard InChI is InChI=1S/C45H35N.C44H32N2.C18N12.BHNP/c1-45(2)43-16-10-9-15-41(43)42-30-29-40(31-44(42)45)46(38-25-21-36(22-26-38)33-13-7-4-8-14-33)39-27-23-37(24-28-39)35-19-17-34(18-20-35)32-11-5-3-6-12-32;1-3-17-37(18-4-1)45(43-23-11-15-35-13-7-9-21-41(35)43)39-29-25-33(26-30-39)34-27-31-40(32-28-34)46(38-19-5-2-6-20-38)44-24-12-16-36-14-8-10-22-42(36)44;1-22-16-9(6-21)27-12-10-11(26-8(5-20)7(4-19)25-10)14-15(13(12)28-16)30-18(24-3)17(23-2)29-14;1-2-3/h3-31H,1-2H3;1-32H;;3H. The van der Waals surface area contributed by atoms with Crippen LogP contribution in [-0.4, -0.2) is 37.9 Å². The molecule has 0 amide bonds. The lowest BCUT2D eigenvalue weighted by molar-refractivity contribution is 0.660. The zero-order valence-corrected chi connectivity index (χ0v) is 68.5. The summed E-state index contributed by atoms with van der Waals surface area (Å²) < 4.78 is 2.81. The molecule has 0 atom stereocenters. The highest BCUT2D eigenvalue weighted by atomic mass is 31.0. The number of nitrogens with zero attached hydrogens (tertiary/aromatic N) is 16. The van der Waals surface area contributed by atoms with E-state index in [1.54, 1.807) is 18.2 Å². The molecule has 16 aromatic carbocycles. The van der Waals surface area contributed by atoms with Crippen LogP contribution in [0.2, 0.25) is 0 Å². The van der Waals surface area contributed by atoms with Crippen LogP contribution in [0.3, 0.4) is 0 Å². The van der Waals surface area contributed by atoms with Gasteiger partial charge in [0, 0.05) is 56.0 Å². The Kier molecular flexibility index (Phi) is 22.8. The van der Waals surface area contributed by atoms with Gasteiger partial charge in [-0.1, -0.05) is 307 Å². The lowest BCUT2D eigenvalue weighted by Gasteiger charge is -2.28. The van der Waals surface area contributed by atoms with E-state index in [1.807, 2.05) is 0 Å². The van der Waals surface area contributed by atoms with Crippen LogP contribution in [0, 0.1) is 53.7 Å². The molecule has 3 aromatic heterocycles. The molecule has 16 nitrogen and oxygen atoms in total. The summed E-state index contributed by atoms with van der Waals surface area (Å²) in [4.78, 5) is 41.4. The third kappa shape index (κ3) is 15.9. The number of rotatable bonds is 13. The first kappa shape index (κ1) is 80.0. The van der Waals surface area contributed by atoms with E-state index in [1.165, 1.54) is 88.3 Å². The Bertz CT molecular complexity index is 7060. The van der Waals surface area contributed by atoms with Crippen LogP contribution in [0.1, 0.15) is 42.1 Å². The highest BCUT2D eigenvalue weighted by Gasteiger charge is 2.36. The van der Waals surface area contributed by atoms with Crippen LogP contribution >= 0.6 is 9.03 Å². The van der Waals surface area contributed by atoms with Gasteiger partial charge in [-0.3, -0.25) is 0 Å². The molecule has 2 radical (unpaired) electrons. The van der Waals surface area contributed by atoms with Crippen LogP contribution < -0.4 is 14.7 Å². The highest BCUT2D eigenvalue weighted by Crippen LogP contribution is 2.52. The van der Waals surface area contributed by atoms with Crippen LogP contribution in [0.4, 0.5) is 68.6 Å². The maximum atomic E-state index is 9.30. The van der Waals surface area contributed by atoms with Gasteiger partial charge in [0.1, 0.15) is 34.8 Å². The molecule has 20 rings (SSSR count). The summed E-state index contributed by atoms with van der Waals surface area (Å²) in [6.07, 6.45) is 0. The Balaban J connectivity index is 0.000000134. The summed E-state index contributed by atoms with van der Waals surface area (Å²) in [5, 5.41) is 32.8. The van der Waals surface area contributed by atoms with E-state index in [0.29, 0.717) is 0 Å². The number of nitriles is 3. The third-order valence-electron chi connectivity index (χ3n) is 22.1. The van der Waals surface area contributed by atoms with Crippen molar-refractivity contribution in [1.29, 1.82) is 15.8 Å². The van der Waals surface area contributed by atoms with Gasteiger partial charge in [0.2, 0.25) is 11.0 Å². The first-order valence-corrected chi connectivity index (χ1v) is 40.3. The number of aromatic nitrogens is 6. The molecule has 3 heterocycles. The van der Waals surface area contributed by atoms with Gasteiger partial charge in [-0.15, -0.1) is 15.0 Å². The van der Waals surface area contributed by atoms with Crippen molar-refractivity contribution in [1.82, 2.24) is 29.9 Å². The van der Waals surface area contributed by atoms with Crippen molar-refractivity contribution in [2.45, 2.75) is 19.3 Å². The van der Waals surface area contributed by atoms with E-state index < -0.39 is 0 Å². The minimum Gasteiger partial charge on any atom is -0.370 e. The molecule has 19 aromatic rings. The molecule has 1 aliphatic rings. The Hall–Kier alpha value is -17.4. The van der Waals surface area contributed by atoms with Crippen LogP contribution in [-0.2, 0) is 5.41 Å². The molecule has 0 spiro atoms. The van der Waals surface area contributed by atoms with Crippen molar-refractivity contribution in [3.8, 4) is 73.8 Å². The Morgan fingerprint density at radius 1 is 0.296 bits per heavy atom. The predicted octanol–water partition coefficient (Wildman–Crippen LogP) is 28.2. The molecule has 0 fully saturated rings. The lowest BCUT2D eigenvalue weighted by atomic mass is 9.82. The van der Waals surface area contributed by atoms with E-state index in [4.69, 9.17) is 19.7 Å². The molecular weight excluding hydrogens is 1550 g/mol. The molecule has 0 bridgehead atoms. The number of fused-ring (bicyclic) bond motifs is 11. The lowest BCUT2D eigenvalue weighted by Crippen LogP contribution is -2.16. The minimum absolute atomic E-state index is 0.000622. The van der Waals surface area contributed by atoms with Crippen LogP contribution in [0.5, 0.6) is 0 Å². The molecule has 0 saturated carbocycles. The molecular formula is C107H68BN16P. The third-order valence-corrected chi connectivity index (χ3v) is 22.1. The van der Waals surface area contributed by atoms with Crippen molar-refractivity contribution in [3.63, 3.8) is 0 Å². The Labute approximate surface area is 726 Å². The summed E-state index contributed by atoms with van der Waals surface area (Å²) in [6.45, 7) is 26.4. The van der Waals surface area contributed by atoms with E-state index in [9.17, 15) is 15.8 Å². The quantitative estimate of drug-likeness (QED) is 0.0461. The normalized spacial score (nSPS) is 11.2. The average Bonchev–Trinajstić information content (AvgIpc) is 1.61. The second-order valence-electron chi connectivity index (χ2n) is 29.7. The second kappa shape index (κ2) is 35.6. The van der Waals surface area contributed by atoms with Gasteiger partial charge in [-0.2, -0.15) is 15.8 Å². The molecule has 0 aliphatic heterocycles. The summed E-state index contributed by atoms with van der Waals surface area (Å²) >= 11 is 0. The van der Waals surface area contributed by atoms with E-state index in [2.05, 4.69) is 465 Å². The number of hydrogen-bond donors (Lipinski definition) is 0. The molecule has 0 saturated heterocycles. The first-order chi connectivity index (χ1) is 61.4. The average molecular weight is 1620 g/mol. The fraction of sp³-hybridized carbons (Fsp3) is 0.0280. The molecule has 0 unspecified atom stereocenters. The van der Waals surface area contributed by atoms with Gasteiger partial charge < -0.3 is 33.9 Å². The second-order valence-corrected chi connectivity index (χ2v) is 29.9. The fourth-order valence-corrected chi connectivity index (χ4v) is 16.2. The summed E-state index contributed by atoms with van der Waals surface area (Å²) in [7, 11) is 6.97. The van der Waals surface area contributed by atoms with Crippen LogP contribution in [0.15, 0.2) is 375 Å². The zero-order valence-electron chi connectivity index (χ0n) is 67.5. The topological polar surface area (TPSA) is 184 Å². The monoisotopic (exact) mass is 1620 g/mol. The number of benzene rings is 16. The first-order valence-electron chi connectivity index (χ1n) is 39.9. The van der Waals surface area contributed by atoms with E-state index >= 15 is 0 Å². The zero-order chi connectivity index (χ0) is 85.9. The van der Waals surface area contributed by atoms with Crippen LogP contribution in [0.25, 0.3) is 125 Å². The van der Waals surface area contributed by atoms with Crippen molar-refractivity contribution in [3.05, 3.63) is 433 Å². The van der Waals surface area contributed by atoms with Gasteiger partial charge in [0.25, 0.3) is 25.1 Å². The van der Waals surface area contributed by atoms with Crippen molar-refractivity contribution >= 4 is 140 Å². The maximum absolute atomic E-state index is 9.30. The number of para-hydroxylation sites is 2. The summed E-state index contributed by atoms with van der Waals surface area (Å²) in [5.74, 6) is -0.890. The molecule has 18 heteroatoms. The Morgan fingerprint density at radius 2 is 0.576 bits per heavy atom. The molecule has 584 valence electrons. The predicted molar refractivity (Wildman–Crippen MR) is 506 cm³/mol. The van der Waals surface area contributed by atoms with Gasteiger partial charge in [-0.25, -0.2) is 15.0 Å². The maximum Gasteiger partial charge on any atom is 0.307 e. The highest BCUT2D eigenvalue weighted by molar-refractivity contribution is 7.05. The van der Waals surface area contributed by atoms with Crippen molar-refractivity contribution < 1.29 is 0 Å². The molecule has 0 N–H and O–H groups in total. The Morgan fingerprint density at radius 3 is 0.960 bits per heavy atom. The van der Waals surface area contributed by atoms with Crippen molar-refractivity contribution in [2.24, 2.45) is 4.66 Å². The van der Waals surface area contributed by atoms with Gasteiger partial charge in [0.15, 0.2) is 17.1 Å². The number of hydrogen-bond acceptors (Lipinski definition) is 13. The van der Waals surface area contributed by atoms with Gasteiger partial charge >= 0.3 is 5.82 Å². The van der Waals surface area contributed by atoms with E-state index in [-0.39, 0.29) is 73.1 Å². The molecule has 1 aliphatic carbocycles. The van der Waals surface area contributed by atoms with Crippen molar-refractivity contribution in [2.75, 3.05) is 14.7 Å². The van der Waals surface area contributed by atoms with Gasteiger partial charge in [0.05, 0.1) is 11.4 Å². The largest absolute Gasteiger partial charge is 0.370 e. The fourth-order valence-electron chi connectivity index (χ4n) is 16.2. The van der Waals surface area contributed by atoms with E-state index in [0.717, 1.165) is 51.2 Å². The summed E-state index contributed by atoms with van der Waals surface area (Å²) in [6, 6.07) is 138. The smallest absolute Gasteiger partial charge is 0.307 e. The number of anilines is 9. The SMILES string of the molecule is CC1(C)c2ccccc2-c2ccc(N(c3ccc(-c4ccccc4)cc3)c3ccc(-c4ccc(-c5ccccc5)cc4)cc3)cc21.[B]N=P.[C-]#[N+]c1nc2c(nc1C#N)c1nc(C#N)c(C#N)nc1c1nc([N+]#[C-])c([N+]#[C-])nc21.c1ccc(N(c2ccc(-c3ccc(N(c4ccccc4)c4cccc5ccccc45)cc3)cc2)c2cccc3ccccc23)cc1. The molecule has 125 heavy (non-hydrogen) atoms. The summed E-state index contributed by atoms with van der Waals surface area (Å²) in [5.41, 5.74) is 24.4. The van der Waals surface area contributed by atoms with Gasteiger partial charge in [-0.05, 0) is 184 Å².